The van der Waals surface area contributed by atoms with Crippen LogP contribution in [0.2, 0.25) is 10.0 Å². The molecular formula is C13H19Cl2NO. The second-order valence-electron chi connectivity index (χ2n) is 4.43. The Bertz CT molecular complexity index is 380. The quantitative estimate of drug-likeness (QED) is 0.875. The first-order valence-corrected chi connectivity index (χ1v) is 6.44. The standard InChI is InChI=1S/C13H19Cl2NO/c1-5-17-13(2,3)12(16-4)9-6-7-10(14)11(15)8-9/h6-8,12,16H,5H2,1-4H3. The molecule has 1 N–H and O–H groups in total. The van der Waals surface area contributed by atoms with Gasteiger partial charge >= 0.3 is 0 Å². The molecule has 0 aliphatic carbocycles. The minimum atomic E-state index is -0.305. The molecule has 2 nitrogen and oxygen atoms in total. The van der Waals surface area contributed by atoms with E-state index in [0.717, 1.165) is 5.56 Å². The topological polar surface area (TPSA) is 21.3 Å². The van der Waals surface area contributed by atoms with Gasteiger partial charge in [0.15, 0.2) is 0 Å². The highest BCUT2D eigenvalue weighted by Crippen LogP contribution is 2.32. The number of hydrogen-bond acceptors (Lipinski definition) is 2. The van der Waals surface area contributed by atoms with Crippen molar-refractivity contribution in [1.29, 1.82) is 0 Å². The van der Waals surface area contributed by atoms with Crippen LogP contribution in [0, 0.1) is 0 Å². The molecular weight excluding hydrogens is 257 g/mol. The van der Waals surface area contributed by atoms with E-state index in [1.54, 1.807) is 0 Å². The first kappa shape index (κ1) is 14.8. The molecule has 0 heterocycles. The Labute approximate surface area is 113 Å². The smallest absolute Gasteiger partial charge is 0.0820 e. The fraction of sp³-hybridized carbons (Fsp3) is 0.538. The van der Waals surface area contributed by atoms with Gasteiger partial charge in [-0.15, -0.1) is 0 Å². The molecule has 0 spiro atoms. The van der Waals surface area contributed by atoms with Crippen molar-refractivity contribution >= 4 is 23.2 Å². The summed E-state index contributed by atoms with van der Waals surface area (Å²) in [7, 11) is 1.91. The van der Waals surface area contributed by atoms with Crippen molar-refractivity contribution in [3.8, 4) is 0 Å². The maximum absolute atomic E-state index is 6.04. The Hall–Kier alpha value is -0.280. The van der Waals surface area contributed by atoms with Gasteiger partial charge in [0, 0.05) is 6.61 Å². The Morgan fingerprint density at radius 1 is 1.29 bits per heavy atom. The van der Waals surface area contributed by atoms with E-state index in [4.69, 9.17) is 27.9 Å². The van der Waals surface area contributed by atoms with Crippen LogP contribution in [0.4, 0.5) is 0 Å². The zero-order valence-electron chi connectivity index (χ0n) is 10.7. The van der Waals surface area contributed by atoms with E-state index in [1.807, 2.05) is 32.2 Å². The number of likely N-dealkylation sites (N-methyl/N-ethyl adjacent to an activating group) is 1. The van der Waals surface area contributed by atoms with E-state index in [1.165, 1.54) is 0 Å². The lowest BCUT2D eigenvalue weighted by Gasteiger charge is -2.34. The van der Waals surface area contributed by atoms with Crippen molar-refractivity contribution in [2.45, 2.75) is 32.4 Å². The fourth-order valence-electron chi connectivity index (χ4n) is 2.06. The van der Waals surface area contributed by atoms with Crippen molar-refractivity contribution in [3.05, 3.63) is 33.8 Å². The van der Waals surface area contributed by atoms with E-state index < -0.39 is 0 Å². The average Bonchev–Trinajstić information content (AvgIpc) is 2.23. The highest BCUT2D eigenvalue weighted by atomic mass is 35.5. The number of benzene rings is 1. The molecule has 0 aliphatic rings. The molecule has 0 amide bonds. The van der Waals surface area contributed by atoms with E-state index in [2.05, 4.69) is 19.2 Å². The van der Waals surface area contributed by atoms with Crippen LogP contribution < -0.4 is 5.32 Å². The van der Waals surface area contributed by atoms with Crippen molar-refractivity contribution in [1.82, 2.24) is 5.32 Å². The van der Waals surface area contributed by atoms with Gasteiger partial charge in [0.2, 0.25) is 0 Å². The van der Waals surface area contributed by atoms with Crippen LogP contribution >= 0.6 is 23.2 Å². The maximum Gasteiger partial charge on any atom is 0.0820 e. The number of halogens is 2. The van der Waals surface area contributed by atoms with Crippen LogP contribution in [0.25, 0.3) is 0 Å². The molecule has 0 saturated heterocycles. The summed E-state index contributed by atoms with van der Waals surface area (Å²) in [6.07, 6.45) is 0. The summed E-state index contributed by atoms with van der Waals surface area (Å²) < 4.78 is 5.77. The second kappa shape index (κ2) is 6.05. The minimum absolute atomic E-state index is 0.0669. The van der Waals surface area contributed by atoms with Gasteiger partial charge in [-0.25, -0.2) is 0 Å². The summed E-state index contributed by atoms with van der Waals surface area (Å²) in [4.78, 5) is 0. The SMILES string of the molecule is CCOC(C)(C)C(NC)c1ccc(Cl)c(Cl)c1. The van der Waals surface area contributed by atoms with Gasteiger partial charge in [0.25, 0.3) is 0 Å². The van der Waals surface area contributed by atoms with Gasteiger partial charge in [-0.3, -0.25) is 0 Å². The summed E-state index contributed by atoms with van der Waals surface area (Å²) in [5.74, 6) is 0. The molecule has 0 aliphatic heterocycles. The number of ether oxygens (including phenoxy) is 1. The minimum Gasteiger partial charge on any atom is -0.374 e. The van der Waals surface area contributed by atoms with E-state index in [9.17, 15) is 0 Å². The predicted octanol–water partition coefficient (Wildman–Crippen LogP) is 4.07. The van der Waals surface area contributed by atoms with Gasteiger partial charge in [0.1, 0.15) is 0 Å². The summed E-state index contributed by atoms with van der Waals surface area (Å²) in [5, 5.41) is 4.40. The number of nitrogens with one attached hydrogen (secondary N) is 1. The monoisotopic (exact) mass is 275 g/mol. The van der Waals surface area contributed by atoms with Crippen molar-refractivity contribution in [2.24, 2.45) is 0 Å². The fourth-order valence-corrected chi connectivity index (χ4v) is 2.37. The Morgan fingerprint density at radius 3 is 2.41 bits per heavy atom. The third-order valence-electron chi connectivity index (χ3n) is 2.78. The lowest BCUT2D eigenvalue weighted by Crippen LogP contribution is -2.40. The van der Waals surface area contributed by atoms with Crippen LogP contribution in [-0.2, 0) is 4.74 Å². The molecule has 17 heavy (non-hydrogen) atoms. The Kier molecular flexibility index (Phi) is 5.26. The molecule has 0 fully saturated rings. The summed E-state index contributed by atoms with van der Waals surface area (Å²) in [5.41, 5.74) is 0.765. The zero-order valence-corrected chi connectivity index (χ0v) is 12.2. The van der Waals surface area contributed by atoms with E-state index in [-0.39, 0.29) is 11.6 Å². The molecule has 1 unspecified atom stereocenters. The first-order chi connectivity index (χ1) is 7.92. The van der Waals surface area contributed by atoms with Crippen LogP contribution in [0.3, 0.4) is 0 Å². The molecule has 0 saturated carbocycles. The van der Waals surface area contributed by atoms with Crippen LogP contribution in [0.1, 0.15) is 32.4 Å². The normalized spacial score (nSPS) is 13.8. The number of rotatable bonds is 5. The molecule has 1 aromatic rings. The lowest BCUT2D eigenvalue weighted by molar-refractivity contribution is -0.0374. The zero-order chi connectivity index (χ0) is 13.1. The number of hydrogen-bond donors (Lipinski definition) is 1. The average molecular weight is 276 g/mol. The van der Waals surface area contributed by atoms with Crippen molar-refractivity contribution in [3.63, 3.8) is 0 Å². The third kappa shape index (κ3) is 3.59. The molecule has 4 heteroatoms. The van der Waals surface area contributed by atoms with Crippen LogP contribution in [0.5, 0.6) is 0 Å². The van der Waals surface area contributed by atoms with Gasteiger partial charge in [-0.2, -0.15) is 0 Å². The Morgan fingerprint density at radius 2 is 1.94 bits per heavy atom. The highest BCUT2D eigenvalue weighted by molar-refractivity contribution is 6.42. The maximum atomic E-state index is 6.04. The Balaban J connectivity index is 3.05. The first-order valence-electron chi connectivity index (χ1n) is 5.68. The molecule has 0 bridgehead atoms. The van der Waals surface area contributed by atoms with Crippen LogP contribution in [-0.4, -0.2) is 19.3 Å². The van der Waals surface area contributed by atoms with Gasteiger partial charge in [0.05, 0.1) is 21.7 Å². The predicted molar refractivity (Wildman–Crippen MR) is 74.0 cm³/mol. The summed E-state index contributed by atoms with van der Waals surface area (Å²) >= 11 is 12.0. The molecule has 0 radical (unpaired) electrons. The molecule has 96 valence electrons. The molecule has 1 rings (SSSR count). The van der Waals surface area contributed by atoms with Gasteiger partial charge in [-0.05, 0) is 45.5 Å². The lowest BCUT2D eigenvalue weighted by atomic mass is 9.91. The molecule has 0 aromatic heterocycles. The van der Waals surface area contributed by atoms with E-state index >= 15 is 0 Å². The van der Waals surface area contributed by atoms with Gasteiger partial charge in [-0.1, -0.05) is 29.3 Å². The van der Waals surface area contributed by atoms with Crippen molar-refractivity contribution in [2.75, 3.05) is 13.7 Å². The van der Waals surface area contributed by atoms with Crippen LogP contribution in [0.15, 0.2) is 18.2 Å². The molecule has 1 aromatic carbocycles. The highest BCUT2D eigenvalue weighted by Gasteiger charge is 2.30. The second-order valence-corrected chi connectivity index (χ2v) is 5.25. The van der Waals surface area contributed by atoms with E-state index in [0.29, 0.717) is 16.7 Å². The van der Waals surface area contributed by atoms with Crippen molar-refractivity contribution < 1.29 is 4.74 Å². The molecule has 1 atom stereocenters. The summed E-state index contributed by atoms with van der Waals surface area (Å²) in [6.45, 7) is 6.77. The largest absolute Gasteiger partial charge is 0.374 e. The van der Waals surface area contributed by atoms with Gasteiger partial charge < -0.3 is 10.1 Å². The third-order valence-corrected chi connectivity index (χ3v) is 3.52. The summed E-state index contributed by atoms with van der Waals surface area (Å²) in [6, 6.07) is 5.73.